The minimum Gasteiger partial charge on any atom is -0.207 e. The van der Waals surface area contributed by atoms with Gasteiger partial charge in [0.1, 0.15) is 5.82 Å². The number of rotatable bonds is 4. The van der Waals surface area contributed by atoms with Gasteiger partial charge in [0.2, 0.25) is 0 Å². The first kappa shape index (κ1) is 11.8. The molecule has 1 aromatic rings. The lowest BCUT2D eigenvalue weighted by atomic mass is 10.0. The molecule has 0 saturated carbocycles. The molecule has 1 aromatic carbocycles. The summed E-state index contributed by atoms with van der Waals surface area (Å²) in [5.74, 6) is 0.841. The van der Waals surface area contributed by atoms with Crippen molar-refractivity contribution < 1.29 is 4.39 Å². The van der Waals surface area contributed by atoms with E-state index in [1.807, 2.05) is 0 Å². The third-order valence-electron chi connectivity index (χ3n) is 2.18. The smallest absolute Gasteiger partial charge is 0.126 e. The van der Waals surface area contributed by atoms with E-state index in [1.165, 1.54) is 6.07 Å². The Kier molecular flexibility index (Phi) is 4.70. The third kappa shape index (κ3) is 3.47. The van der Waals surface area contributed by atoms with Crippen LogP contribution in [0.2, 0.25) is 5.02 Å². The van der Waals surface area contributed by atoms with E-state index in [4.69, 9.17) is 23.2 Å². The number of alkyl halides is 1. The van der Waals surface area contributed by atoms with Crippen LogP contribution < -0.4 is 0 Å². The lowest BCUT2D eigenvalue weighted by Crippen LogP contribution is -2.00. The predicted octanol–water partition coefficient (Wildman–Crippen LogP) is 4.29. The van der Waals surface area contributed by atoms with Crippen molar-refractivity contribution >= 4 is 23.2 Å². The van der Waals surface area contributed by atoms with Gasteiger partial charge in [0.05, 0.1) is 0 Å². The molecule has 0 heterocycles. The summed E-state index contributed by atoms with van der Waals surface area (Å²) in [5.41, 5.74) is 0.675. The lowest BCUT2D eigenvalue weighted by molar-refractivity contribution is 0.562. The highest BCUT2D eigenvalue weighted by atomic mass is 35.5. The molecule has 0 N–H and O–H groups in total. The Morgan fingerprint density at radius 1 is 1.43 bits per heavy atom. The lowest BCUT2D eigenvalue weighted by Gasteiger charge is -2.07. The first-order valence-electron chi connectivity index (χ1n) is 4.63. The number of hydrogen-bond acceptors (Lipinski definition) is 0. The van der Waals surface area contributed by atoms with Crippen molar-refractivity contribution in [3.8, 4) is 0 Å². The summed E-state index contributed by atoms with van der Waals surface area (Å²) in [4.78, 5) is 0. The van der Waals surface area contributed by atoms with Gasteiger partial charge in [-0.05, 0) is 42.5 Å². The second-order valence-electron chi connectivity index (χ2n) is 3.53. The van der Waals surface area contributed by atoms with E-state index in [1.54, 1.807) is 12.1 Å². The average molecular weight is 235 g/mol. The summed E-state index contributed by atoms with van der Waals surface area (Å²) >= 11 is 11.4. The Balaban J connectivity index is 2.62. The van der Waals surface area contributed by atoms with E-state index < -0.39 is 0 Å². The van der Waals surface area contributed by atoms with Crippen LogP contribution in [0.5, 0.6) is 0 Å². The van der Waals surface area contributed by atoms with Crippen molar-refractivity contribution in [2.75, 3.05) is 5.88 Å². The third-order valence-corrected chi connectivity index (χ3v) is 2.94. The molecule has 0 aliphatic rings. The molecule has 0 aliphatic carbocycles. The number of aryl methyl sites for hydroxylation is 1. The first-order chi connectivity index (χ1) is 6.63. The SMILES string of the molecule is CC(CCl)CCc1cc(Cl)ccc1F. The highest BCUT2D eigenvalue weighted by Crippen LogP contribution is 2.18. The molecule has 14 heavy (non-hydrogen) atoms. The van der Waals surface area contributed by atoms with Crippen LogP contribution in [0.4, 0.5) is 4.39 Å². The topological polar surface area (TPSA) is 0 Å². The van der Waals surface area contributed by atoms with Crippen LogP contribution in [0.1, 0.15) is 18.9 Å². The summed E-state index contributed by atoms with van der Waals surface area (Å²) < 4.78 is 13.2. The van der Waals surface area contributed by atoms with Crippen molar-refractivity contribution in [1.29, 1.82) is 0 Å². The number of benzene rings is 1. The predicted molar refractivity (Wildman–Crippen MR) is 59.6 cm³/mol. The van der Waals surface area contributed by atoms with Crippen LogP contribution in [-0.2, 0) is 6.42 Å². The van der Waals surface area contributed by atoms with Crippen molar-refractivity contribution in [3.05, 3.63) is 34.6 Å². The Labute approximate surface area is 94.0 Å². The normalized spacial score (nSPS) is 12.9. The van der Waals surface area contributed by atoms with Gasteiger partial charge < -0.3 is 0 Å². The molecule has 0 saturated heterocycles. The second-order valence-corrected chi connectivity index (χ2v) is 4.28. The molecular formula is C11H13Cl2F. The molecule has 0 aromatic heterocycles. The van der Waals surface area contributed by atoms with Gasteiger partial charge in [-0.2, -0.15) is 0 Å². The molecule has 0 amide bonds. The van der Waals surface area contributed by atoms with Crippen LogP contribution in [0.15, 0.2) is 18.2 Å². The second kappa shape index (κ2) is 5.57. The van der Waals surface area contributed by atoms with Gasteiger partial charge in [0, 0.05) is 10.9 Å². The molecule has 1 atom stereocenters. The molecule has 1 unspecified atom stereocenters. The molecule has 1 rings (SSSR count). The van der Waals surface area contributed by atoms with Gasteiger partial charge in [-0.1, -0.05) is 18.5 Å². The zero-order valence-corrected chi connectivity index (χ0v) is 9.58. The van der Waals surface area contributed by atoms with Gasteiger partial charge in [-0.3, -0.25) is 0 Å². The summed E-state index contributed by atoms with van der Waals surface area (Å²) in [5, 5.41) is 0.583. The van der Waals surface area contributed by atoms with E-state index >= 15 is 0 Å². The molecule has 0 radical (unpaired) electrons. The molecule has 78 valence electrons. The minimum absolute atomic E-state index is 0.184. The quantitative estimate of drug-likeness (QED) is 0.683. The molecule has 0 aliphatic heterocycles. The van der Waals surface area contributed by atoms with Crippen molar-refractivity contribution in [3.63, 3.8) is 0 Å². The van der Waals surface area contributed by atoms with Crippen molar-refractivity contribution in [2.24, 2.45) is 5.92 Å². The molecule has 0 spiro atoms. The van der Waals surface area contributed by atoms with Crippen LogP contribution >= 0.6 is 23.2 Å². The van der Waals surface area contributed by atoms with Gasteiger partial charge >= 0.3 is 0 Å². The average Bonchev–Trinajstić information content (AvgIpc) is 2.19. The first-order valence-corrected chi connectivity index (χ1v) is 5.54. The van der Waals surface area contributed by atoms with E-state index in [-0.39, 0.29) is 5.82 Å². The summed E-state index contributed by atoms with van der Waals surface area (Å²) in [6.45, 7) is 2.05. The van der Waals surface area contributed by atoms with Gasteiger partial charge in [-0.15, -0.1) is 11.6 Å². The fourth-order valence-electron chi connectivity index (χ4n) is 1.21. The molecule has 3 heteroatoms. The summed E-state index contributed by atoms with van der Waals surface area (Å²) in [6.07, 6.45) is 1.58. The van der Waals surface area contributed by atoms with E-state index in [9.17, 15) is 4.39 Å². The van der Waals surface area contributed by atoms with Gasteiger partial charge in [0.25, 0.3) is 0 Å². The molecule has 0 nitrogen and oxygen atoms in total. The monoisotopic (exact) mass is 234 g/mol. The maximum absolute atomic E-state index is 13.2. The largest absolute Gasteiger partial charge is 0.207 e. The molecule has 0 fully saturated rings. The standard InChI is InChI=1S/C11H13Cl2F/c1-8(7-12)2-3-9-6-10(13)4-5-11(9)14/h4-6,8H,2-3,7H2,1H3. The maximum atomic E-state index is 13.2. The highest BCUT2D eigenvalue weighted by Gasteiger charge is 2.05. The summed E-state index contributed by atoms with van der Waals surface area (Å²) in [6, 6.07) is 4.65. The van der Waals surface area contributed by atoms with E-state index in [2.05, 4.69) is 6.92 Å². The van der Waals surface area contributed by atoms with Crippen LogP contribution in [0.3, 0.4) is 0 Å². The molecular weight excluding hydrogens is 222 g/mol. The highest BCUT2D eigenvalue weighted by molar-refractivity contribution is 6.30. The van der Waals surface area contributed by atoms with Crippen LogP contribution in [-0.4, -0.2) is 5.88 Å². The van der Waals surface area contributed by atoms with Crippen LogP contribution in [0, 0.1) is 11.7 Å². The molecule has 0 bridgehead atoms. The number of halogens is 3. The van der Waals surface area contributed by atoms with Gasteiger partial charge in [-0.25, -0.2) is 4.39 Å². The Bertz CT molecular complexity index is 299. The van der Waals surface area contributed by atoms with Crippen LogP contribution in [0.25, 0.3) is 0 Å². The van der Waals surface area contributed by atoms with Gasteiger partial charge in [0.15, 0.2) is 0 Å². The Morgan fingerprint density at radius 3 is 2.79 bits per heavy atom. The van der Waals surface area contributed by atoms with Crippen molar-refractivity contribution in [2.45, 2.75) is 19.8 Å². The van der Waals surface area contributed by atoms with E-state index in [0.29, 0.717) is 28.8 Å². The minimum atomic E-state index is -0.184. The fraction of sp³-hybridized carbons (Fsp3) is 0.455. The Hall–Kier alpha value is -0.270. The summed E-state index contributed by atoms with van der Waals surface area (Å²) in [7, 11) is 0. The zero-order chi connectivity index (χ0) is 10.6. The maximum Gasteiger partial charge on any atom is 0.126 e. The van der Waals surface area contributed by atoms with E-state index in [0.717, 1.165) is 6.42 Å². The fourth-order valence-corrected chi connectivity index (χ4v) is 1.56. The van der Waals surface area contributed by atoms with Crippen molar-refractivity contribution in [1.82, 2.24) is 0 Å². The zero-order valence-electron chi connectivity index (χ0n) is 8.06. The Morgan fingerprint density at radius 2 is 2.14 bits per heavy atom. The number of hydrogen-bond donors (Lipinski definition) is 0.